The van der Waals surface area contributed by atoms with Crippen molar-refractivity contribution in [1.29, 1.82) is 5.26 Å². The largest absolute Gasteiger partial charge is 0.417 e. The standard InChI is InChI=1S/C16H9ClF3NO/c17-11-7-5-10(6-8-11)13(9-21)15(22)12-3-1-2-4-14(12)16(18,19)20/h1-8,13H. The van der Waals surface area contributed by atoms with Crippen molar-refractivity contribution in [3.8, 4) is 6.07 Å². The lowest BCUT2D eigenvalue weighted by Crippen LogP contribution is -2.17. The highest BCUT2D eigenvalue weighted by atomic mass is 35.5. The molecule has 0 radical (unpaired) electrons. The van der Waals surface area contributed by atoms with Crippen LogP contribution in [-0.2, 0) is 6.18 Å². The summed E-state index contributed by atoms with van der Waals surface area (Å²) in [4.78, 5) is 12.4. The summed E-state index contributed by atoms with van der Waals surface area (Å²) in [5.41, 5.74) is -1.26. The summed E-state index contributed by atoms with van der Waals surface area (Å²) in [5.74, 6) is -2.21. The first-order chi connectivity index (χ1) is 10.3. The second-order valence-corrected chi connectivity index (χ2v) is 4.96. The Bertz CT molecular complexity index is 732. The molecule has 112 valence electrons. The molecule has 0 heterocycles. The topological polar surface area (TPSA) is 40.9 Å². The summed E-state index contributed by atoms with van der Waals surface area (Å²) in [7, 11) is 0. The van der Waals surface area contributed by atoms with Gasteiger partial charge < -0.3 is 0 Å². The molecular weight excluding hydrogens is 315 g/mol. The number of alkyl halides is 3. The summed E-state index contributed by atoms with van der Waals surface area (Å²) < 4.78 is 38.9. The van der Waals surface area contributed by atoms with Crippen molar-refractivity contribution >= 4 is 17.4 Å². The number of nitriles is 1. The van der Waals surface area contributed by atoms with Crippen molar-refractivity contribution in [2.75, 3.05) is 0 Å². The van der Waals surface area contributed by atoms with Crippen LogP contribution < -0.4 is 0 Å². The number of carbonyl (C=O) groups excluding carboxylic acids is 1. The van der Waals surface area contributed by atoms with E-state index in [0.29, 0.717) is 10.6 Å². The van der Waals surface area contributed by atoms with Gasteiger partial charge in [-0.2, -0.15) is 18.4 Å². The van der Waals surface area contributed by atoms with E-state index in [9.17, 15) is 23.2 Å². The van der Waals surface area contributed by atoms with Crippen LogP contribution in [0.3, 0.4) is 0 Å². The first kappa shape index (κ1) is 16.1. The monoisotopic (exact) mass is 323 g/mol. The maximum Gasteiger partial charge on any atom is 0.417 e. The van der Waals surface area contributed by atoms with E-state index in [1.165, 1.54) is 36.4 Å². The SMILES string of the molecule is N#CC(C(=O)c1ccccc1C(F)(F)F)c1ccc(Cl)cc1. The second-order valence-electron chi connectivity index (χ2n) is 4.52. The number of rotatable bonds is 3. The Balaban J connectivity index is 2.47. The van der Waals surface area contributed by atoms with E-state index < -0.39 is 29.0 Å². The maximum atomic E-state index is 13.0. The Morgan fingerprint density at radius 3 is 2.23 bits per heavy atom. The average Bonchev–Trinajstić information content (AvgIpc) is 2.49. The number of benzene rings is 2. The number of Topliss-reactive ketones (excluding diaryl/α,β-unsaturated/α-hetero) is 1. The lowest BCUT2D eigenvalue weighted by molar-refractivity contribution is -0.137. The van der Waals surface area contributed by atoms with Gasteiger partial charge in [0.1, 0.15) is 5.92 Å². The molecule has 2 rings (SSSR count). The van der Waals surface area contributed by atoms with E-state index in [1.54, 1.807) is 6.07 Å². The Morgan fingerprint density at radius 2 is 1.68 bits per heavy atom. The van der Waals surface area contributed by atoms with E-state index in [1.807, 2.05) is 0 Å². The normalized spacial score (nSPS) is 12.5. The van der Waals surface area contributed by atoms with Crippen molar-refractivity contribution in [3.63, 3.8) is 0 Å². The number of ketones is 1. The van der Waals surface area contributed by atoms with Crippen LogP contribution in [0.5, 0.6) is 0 Å². The van der Waals surface area contributed by atoms with E-state index in [0.717, 1.165) is 12.1 Å². The Hall–Kier alpha value is -2.32. The number of nitrogens with zero attached hydrogens (tertiary/aromatic N) is 1. The Kier molecular flexibility index (Phi) is 4.53. The molecule has 2 nitrogen and oxygen atoms in total. The fraction of sp³-hybridized carbons (Fsp3) is 0.125. The van der Waals surface area contributed by atoms with Crippen LogP contribution in [-0.4, -0.2) is 5.78 Å². The zero-order chi connectivity index (χ0) is 16.3. The fourth-order valence-corrected chi connectivity index (χ4v) is 2.17. The highest BCUT2D eigenvalue weighted by Crippen LogP contribution is 2.34. The molecule has 0 N–H and O–H groups in total. The summed E-state index contributed by atoms with van der Waals surface area (Å²) in [5, 5.41) is 9.60. The summed E-state index contributed by atoms with van der Waals surface area (Å²) in [6, 6.07) is 12.0. The van der Waals surface area contributed by atoms with Gasteiger partial charge in [0, 0.05) is 10.6 Å². The third kappa shape index (κ3) is 3.29. The van der Waals surface area contributed by atoms with Gasteiger partial charge >= 0.3 is 6.18 Å². The lowest BCUT2D eigenvalue weighted by Gasteiger charge is -2.14. The molecule has 2 aromatic carbocycles. The second kappa shape index (κ2) is 6.20. The molecular formula is C16H9ClF3NO. The predicted octanol–water partition coefficient (Wildman–Crippen LogP) is 4.85. The first-order valence-electron chi connectivity index (χ1n) is 6.20. The molecule has 1 atom stereocenters. The molecule has 6 heteroatoms. The third-order valence-electron chi connectivity index (χ3n) is 3.09. The van der Waals surface area contributed by atoms with E-state index >= 15 is 0 Å². The van der Waals surface area contributed by atoms with Crippen LogP contribution in [0.25, 0.3) is 0 Å². The van der Waals surface area contributed by atoms with Crippen LogP contribution in [0.15, 0.2) is 48.5 Å². The van der Waals surface area contributed by atoms with E-state index in [4.69, 9.17) is 11.6 Å². The third-order valence-corrected chi connectivity index (χ3v) is 3.34. The van der Waals surface area contributed by atoms with Gasteiger partial charge in [0.05, 0.1) is 11.6 Å². The van der Waals surface area contributed by atoms with Gasteiger partial charge in [-0.15, -0.1) is 0 Å². The fourth-order valence-electron chi connectivity index (χ4n) is 2.04. The maximum absolute atomic E-state index is 13.0. The molecule has 0 fully saturated rings. The number of hydrogen-bond donors (Lipinski definition) is 0. The quantitative estimate of drug-likeness (QED) is 0.758. The Labute approximate surface area is 129 Å². The van der Waals surface area contributed by atoms with Crippen molar-refractivity contribution in [3.05, 3.63) is 70.2 Å². The molecule has 0 aromatic heterocycles. The van der Waals surface area contributed by atoms with Crippen LogP contribution in [0, 0.1) is 11.3 Å². The zero-order valence-electron chi connectivity index (χ0n) is 11.1. The first-order valence-corrected chi connectivity index (χ1v) is 6.58. The van der Waals surface area contributed by atoms with Gasteiger partial charge in [-0.3, -0.25) is 4.79 Å². The minimum absolute atomic E-state index is 0.300. The molecule has 1 unspecified atom stereocenters. The number of hydrogen-bond acceptors (Lipinski definition) is 2. The number of halogens is 4. The van der Waals surface area contributed by atoms with E-state index in [-0.39, 0.29) is 0 Å². The van der Waals surface area contributed by atoms with Crippen LogP contribution in [0.2, 0.25) is 5.02 Å². The van der Waals surface area contributed by atoms with Crippen molar-refractivity contribution in [1.82, 2.24) is 0 Å². The lowest BCUT2D eigenvalue weighted by atomic mass is 9.89. The molecule has 0 saturated heterocycles. The molecule has 0 bridgehead atoms. The van der Waals surface area contributed by atoms with Crippen LogP contribution >= 0.6 is 11.6 Å². The van der Waals surface area contributed by atoms with Crippen molar-refractivity contribution in [2.24, 2.45) is 0 Å². The summed E-state index contributed by atoms with van der Waals surface area (Å²) in [6.07, 6.45) is -4.66. The molecule has 0 amide bonds. The van der Waals surface area contributed by atoms with Gasteiger partial charge in [0.15, 0.2) is 5.78 Å². The molecule has 0 aliphatic heterocycles. The molecule has 22 heavy (non-hydrogen) atoms. The van der Waals surface area contributed by atoms with Gasteiger partial charge in [-0.05, 0) is 23.8 Å². The minimum Gasteiger partial charge on any atom is -0.292 e. The molecule has 0 aliphatic carbocycles. The Morgan fingerprint density at radius 1 is 1.09 bits per heavy atom. The summed E-state index contributed by atoms with van der Waals surface area (Å²) >= 11 is 5.72. The van der Waals surface area contributed by atoms with Crippen molar-refractivity contribution < 1.29 is 18.0 Å². The smallest absolute Gasteiger partial charge is 0.292 e. The van der Waals surface area contributed by atoms with Crippen LogP contribution in [0.4, 0.5) is 13.2 Å². The van der Waals surface area contributed by atoms with Crippen molar-refractivity contribution in [2.45, 2.75) is 12.1 Å². The zero-order valence-corrected chi connectivity index (χ0v) is 11.8. The van der Waals surface area contributed by atoms with Gasteiger partial charge in [-0.25, -0.2) is 0 Å². The summed E-state index contributed by atoms with van der Waals surface area (Å²) in [6.45, 7) is 0. The molecule has 0 aliphatic rings. The van der Waals surface area contributed by atoms with Gasteiger partial charge in [-0.1, -0.05) is 41.9 Å². The predicted molar refractivity (Wildman–Crippen MR) is 75.6 cm³/mol. The van der Waals surface area contributed by atoms with Crippen LogP contribution in [0.1, 0.15) is 27.4 Å². The van der Waals surface area contributed by atoms with Gasteiger partial charge in [0.2, 0.25) is 0 Å². The highest BCUT2D eigenvalue weighted by molar-refractivity contribution is 6.30. The molecule has 2 aromatic rings. The minimum atomic E-state index is -4.66. The van der Waals surface area contributed by atoms with E-state index in [2.05, 4.69) is 0 Å². The highest BCUT2D eigenvalue weighted by Gasteiger charge is 2.36. The van der Waals surface area contributed by atoms with Gasteiger partial charge in [0.25, 0.3) is 0 Å². The molecule has 0 saturated carbocycles. The molecule has 0 spiro atoms. The number of carbonyl (C=O) groups is 1. The average molecular weight is 324 g/mol.